The zero-order valence-electron chi connectivity index (χ0n) is 15.4. The highest BCUT2D eigenvalue weighted by molar-refractivity contribution is 5.94. The van der Waals surface area contributed by atoms with Gasteiger partial charge in [-0.25, -0.2) is 4.68 Å². The molecule has 0 spiro atoms. The largest absolute Gasteiger partial charge is 0.483 e. The lowest BCUT2D eigenvalue weighted by atomic mass is 9.87. The highest BCUT2D eigenvalue weighted by Crippen LogP contribution is 2.37. The van der Waals surface area contributed by atoms with Crippen LogP contribution in [0.5, 0.6) is 0 Å². The van der Waals surface area contributed by atoms with Crippen LogP contribution >= 0.6 is 0 Å². The van der Waals surface area contributed by atoms with Crippen molar-refractivity contribution in [2.45, 2.75) is 51.2 Å². The number of carbonyl (C=O) groups excluding carboxylic acids is 1. The molecule has 0 fully saturated rings. The van der Waals surface area contributed by atoms with Gasteiger partial charge in [0.25, 0.3) is 6.47 Å². The zero-order chi connectivity index (χ0) is 20.7. The molecule has 152 valence electrons. The molecule has 0 saturated heterocycles. The molecule has 2 N–H and O–H groups in total. The maximum Gasteiger partial charge on any atom is 0.393 e. The molecular formula is C19H22F3N3O3. The molecule has 1 unspecified atom stereocenters. The molecule has 1 aliphatic heterocycles. The number of hydrogen-bond donors (Lipinski definition) is 2. The summed E-state index contributed by atoms with van der Waals surface area (Å²) in [7, 11) is 0. The number of carboxylic acid groups (broad SMARTS) is 1. The third-order valence-corrected chi connectivity index (χ3v) is 4.40. The van der Waals surface area contributed by atoms with Crippen LogP contribution in [0.3, 0.4) is 0 Å². The lowest BCUT2D eigenvalue weighted by Gasteiger charge is -2.24. The van der Waals surface area contributed by atoms with Crippen molar-refractivity contribution in [3.63, 3.8) is 0 Å². The van der Waals surface area contributed by atoms with Gasteiger partial charge in [-0.3, -0.25) is 9.59 Å². The number of aryl methyl sites for hydroxylation is 1. The third-order valence-electron chi connectivity index (χ3n) is 4.40. The molecule has 2 aromatic rings. The fourth-order valence-corrected chi connectivity index (χ4v) is 3.14. The molecule has 28 heavy (non-hydrogen) atoms. The quantitative estimate of drug-likeness (QED) is 0.748. The molecule has 0 radical (unpaired) electrons. The van der Waals surface area contributed by atoms with Gasteiger partial charge in [-0.2, -0.15) is 18.3 Å². The van der Waals surface area contributed by atoms with E-state index in [1.165, 1.54) is 12.1 Å². The SMILES string of the molecule is CCCCn1ncc2c1NC(=O)CC2c1ccc(CC(F)(F)F)cc1.O=CO. The minimum absolute atomic E-state index is 0.102. The number of halogens is 3. The van der Waals surface area contributed by atoms with Crippen molar-refractivity contribution in [2.24, 2.45) is 0 Å². The number of aromatic nitrogens is 2. The summed E-state index contributed by atoms with van der Waals surface area (Å²) >= 11 is 0. The maximum absolute atomic E-state index is 12.5. The van der Waals surface area contributed by atoms with Crippen LogP contribution in [0, 0.1) is 0 Å². The fraction of sp³-hybridized carbons (Fsp3) is 0.421. The van der Waals surface area contributed by atoms with Crippen LogP contribution in [0.4, 0.5) is 19.0 Å². The molecule has 6 nitrogen and oxygen atoms in total. The van der Waals surface area contributed by atoms with E-state index in [1.54, 1.807) is 23.0 Å². The van der Waals surface area contributed by atoms with E-state index in [0.717, 1.165) is 30.5 Å². The van der Waals surface area contributed by atoms with E-state index in [4.69, 9.17) is 9.90 Å². The summed E-state index contributed by atoms with van der Waals surface area (Å²) in [6, 6.07) is 6.32. The summed E-state index contributed by atoms with van der Waals surface area (Å²) in [5.74, 6) is 0.420. The van der Waals surface area contributed by atoms with E-state index in [9.17, 15) is 18.0 Å². The van der Waals surface area contributed by atoms with E-state index >= 15 is 0 Å². The number of nitrogens with zero attached hydrogens (tertiary/aromatic N) is 2. The first-order valence-corrected chi connectivity index (χ1v) is 8.88. The molecule has 0 bridgehead atoms. The van der Waals surface area contributed by atoms with Gasteiger partial charge in [-0.1, -0.05) is 37.6 Å². The van der Waals surface area contributed by atoms with Gasteiger partial charge in [0.15, 0.2) is 0 Å². The lowest BCUT2D eigenvalue weighted by Crippen LogP contribution is -2.25. The van der Waals surface area contributed by atoms with Crippen molar-refractivity contribution in [1.82, 2.24) is 9.78 Å². The average Bonchev–Trinajstić information content (AvgIpc) is 3.02. The van der Waals surface area contributed by atoms with Crippen molar-refractivity contribution >= 4 is 18.2 Å². The number of unbranched alkanes of at least 4 members (excludes halogenated alkanes) is 1. The molecule has 1 amide bonds. The number of alkyl halides is 3. The number of anilines is 1. The van der Waals surface area contributed by atoms with Gasteiger partial charge in [0.05, 0.1) is 12.6 Å². The van der Waals surface area contributed by atoms with Crippen LogP contribution in [0.1, 0.15) is 48.8 Å². The van der Waals surface area contributed by atoms with Crippen molar-refractivity contribution in [3.8, 4) is 0 Å². The Kier molecular flexibility index (Phi) is 7.19. The Balaban J connectivity index is 0.000000878. The topological polar surface area (TPSA) is 84.2 Å². The number of amides is 1. The van der Waals surface area contributed by atoms with Gasteiger partial charge in [-0.15, -0.1) is 0 Å². The van der Waals surface area contributed by atoms with Gasteiger partial charge in [-0.05, 0) is 17.5 Å². The number of hydrogen-bond acceptors (Lipinski definition) is 3. The predicted molar refractivity (Wildman–Crippen MR) is 97.1 cm³/mol. The summed E-state index contributed by atoms with van der Waals surface area (Å²) in [5, 5.41) is 14.1. The van der Waals surface area contributed by atoms with E-state index in [-0.39, 0.29) is 30.3 Å². The van der Waals surface area contributed by atoms with E-state index in [0.29, 0.717) is 5.82 Å². The Morgan fingerprint density at radius 2 is 1.96 bits per heavy atom. The minimum Gasteiger partial charge on any atom is -0.483 e. The first-order chi connectivity index (χ1) is 13.3. The molecule has 0 saturated carbocycles. The fourth-order valence-electron chi connectivity index (χ4n) is 3.14. The van der Waals surface area contributed by atoms with Crippen molar-refractivity contribution in [2.75, 3.05) is 5.32 Å². The maximum atomic E-state index is 12.5. The van der Waals surface area contributed by atoms with Crippen LogP contribution in [0.15, 0.2) is 30.5 Å². The first kappa shape index (κ1) is 21.5. The highest BCUT2D eigenvalue weighted by Gasteiger charge is 2.31. The third kappa shape index (κ3) is 5.58. The van der Waals surface area contributed by atoms with Crippen LogP contribution in [0.2, 0.25) is 0 Å². The van der Waals surface area contributed by atoms with E-state index in [1.807, 2.05) is 0 Å². The summed E-state index contributed by atoms with van der Waals surface area (Å²) in [6.07, 6.45) is -1.17. The second-order valence-electron chi connectivity index (χ2n) is 6.47. The molecular weight excluding hydrogens is 375 g/mol. The van der Waals surface area contributed by atoms with Crippen LogP contribution < -0.4 is 5.32 Å². The minimum atomic E-state index is -4.22. The van der Waals surface area contributed by atoms with Gasteiger partial charge >= 0.3 is 6.18 Å². The monoisotopic (exact) mass is 397 g/mol. The molecule has 9 heteroatoms. The summed E-state index contributed by atoms with van der Waals surface area (Å²) in [6.45, 7) is 2.56. The number of rotatable bonds is 5. The average molecular weight is 397 g/mol. The molecule has 0 aliphatic carbocycles. The first-order valence-electron chi connectivity index (χ1n) is 8.88. The Labute approximate surface area is 160 Å². The van der Waals surface area contributed by atoms with Crippen molar-refractivity contribution < 1.29 is 27.9 Å². The number of benzene rings is 1. The molecule has 3 rings (SSSR count). The summed E-state index contributed by atoms with van der Waals surface area (Å²) in [5.41, 5.74) is 1.96. The second kappa shape index (κ2) is 9.38. The van der Waals surface area contributed by atoms with E-state index in [2.05, 4.69) is 17.3 Å². The molecule has 1 aliphatic rings. The highest BCUT2D eigenvalue weighted by atomic mass is 19.4. The number of carbonyl (C=O) groups is 2. The summed E-state index contributed by atoms with van der Waals surface area (Å²) in [4.78, 5) is 20.4. The second-order valence-corrected chi connectivity index (χ2v) is 6.47. The van der Waals surface area contributed by atoms with Crippen molar-refractivity contribution in [1.29, 1.82) is 0 Å². The van der Waals surface area contributed by atoms with Crippen LogP contribution in [-0.2, 0) is 22.6 Å². The van der Waals surface area contributed by atoms with Gasteiger partial charge in [0.1, 0.15) is 5.82 Å². The van der Waals surface area contributed by atoms with Gasteiger partial charge in [0, 0.05) is 24.4 Å². The van der Waals surface area contributed by atoms with Crippen LogP contribution in [0.25, 0.3) is 0 Å². The Morgan fingerprint density at radius 1 is 1.32 bits per heavy atom. The standard InChI is InChI=1S/C18H20F3N3O.CH2O2/c1-2-3-8-24-17-15(11-22-24)14(9-16(25)23-17)13-6-4-12(5-7-13)10-18(19,20)21;2-1-3/h4-7,11,14H,2-3,8-10H2,1H3,(H,23,25);1H,(H,2,3). The van der Waals surface area contributed by atoms with Gasteiger partial charge < -0.3 is 10.4 Å². The zero-order valence-corrected chi connectivity index (χ0v) is 15.4. The predicted octanol–water partition coefficient (Wildman–Crippen LogP) is 3.96. The molecule has 1 aromatic carbocycles. The Bertz CT molecular complexity index is 801. The molecule has 2 heterocycles. The lowest BCUT2D eigenvalue weighted by molar-refractivity contribution is -0.127. The van der Waals surface area contributed by atoms with E-state index < -0.39 is 12.6 Å². The Morgan fingerprint density at radius 3 is 2.54 bits per heavy atom. The normalized spacial score (nSPS) is 15.9. The number of nitrogens with one attached hydrogen (secondary N) is 1. The van der Waals surface area contributed by atoms with Crippen molar-refractivity contribution in [3.05, 3.63) is 47.2 Å². The smallest absolute Gasteiger partial charge is 0.393 e. The summed E-state index contributed by atoms with van der Waals surface area (Å²) < 4.78 is 39.2. The molecule has 1 aromatic heterocycles. The number of fused-ring (bicyclic) bond motifs is 1. The van der Waals surface area contributed by atoms with Crippen LogP contribution in [-0.4, -0.2) is 33.4 Å². The Hall–Kier alpha value is -2.84. The molecule has 1 atom stereocenters. The van der Waals surface area contributed by atoms with Gasteiger partial charge in [0.2, 0.25) is 5.91 Å².